The third kappa shape index (κ3) is 4.97. The van der Waals surface area contributed by atoms with Crippen molar-refractivity contribution in [1.29, 1.82) is 0 Å². The summed E-state index contributed by atoms with van der Waals surface area (Å²) < 4.78 is 32.3. The molecule has 0 bridgehead atoms. The molecular weight excluding hydrogens is 388 g/mol. The Hall–Kier alpha value is -2.38. The maximum atomic E-state index is 12.8. The molecule has 1 fully saturated rings. The number of piperidine rings is 1. The average molecular weight is 417 g/mol. The van der Waals surface area contributed by atoms with Crippen LogP contribution in [0, 0.1) is 12.8 Å². The Balaban J connectivity index is 1.56. The van der Waals surface area contributed by atoms with E-state index in [-0.39, 0.29) is 17.9 Å². The van der Waals surface area contributed by atoms with E-state index in [2.05, 4.69) is 5.32 Å². The summed E-state index contributed by atoms with van der Waals surface area (Å²) in [4.78, 5) is 13.0. The fourth-order valence-corrected chi connectivity index (χ4v) is 4.99. The molecule has 0 unspecified atom stereocenters. The standard InChI is InChI=1S/C22H28N2O4S/c1-16-4-10-21(11-5-16)29(26,27)24-14-12-19(13-15-24)22(25)23-17(2)18-6-8-20(28-3)9-7-18/h4-11,17,19H,12-15H2,1-3H3,(H,23,25)/t17-/m0/s1. The zero-order valence-corrected chi connectivity index (χ0v) is 17.9. The molecule has 1 heterocycles. The van der Waals surface area contributed by atoms with E-state index in [1.54, 1.807) is 31.4 Å². The highest BCUT2D eigenvalue weighted by molar-refractivity contribution is 7.89. The third-order valence-corrected chi connectivity index (χ3v) is 7.37. The van der Waals surface area contributed by atoms with Gasteiger partial charge >= 0.3 is 0 Å². The molecule has 29 heavy (non-hydrogen) atoms. The third-order valence-electron chi connectivity index (χ3n) is 5.46. The quantitative estimate of drug-likeness (QED) is 0.784. The fourth-order valence-electron chi connectivity index (χ4n) is 3.52. The normalized spacial score (nSPS) is 16.9. The summed E-state index contributed by atoms with van der Waals surface area (Å²) in [5.41, 5.74) is 2.02. The van der Waals surface area contributed by atoms with E-state index < -0.39 is 10.0 Å². The van der Waals surface area contributed by atoms with E-state index in [9.17, 15) is 13.2 Å². The second-order valence-corrected chi connectivity index (χ2v) is 9.43. The van der Waals surface area contributed by atoms with Gasteiger partial charge in [0, 0.05) is 19.0 Å². The van der Waals surface area contributed by atoms with Gasteiger partial charge in [0.25, 0.3) is 0 Å². The van der Waals surface area contributed by atoms with Crippen LogP contribution in [0.15, 0.2) is 53.4 Å². The summed E-state index contributed by atoms with van der Waals surface area (Å²) in [5, 5.41) is 3.05. The molecule has 1 amide bonds. The van der Waals surface area contributed by atoms with Crippen LogP contribution in [0.3, 0.4) is 0 Å². The molecule has 0 radical (unpaired) electrons. The zero-order chi connectivity index (χ0) is 21.0. The molecule has 1 aliphatic heterocycles. The number of methoxy groups -OCH3 is 1. The van der Waals surface area contributed by atoms with Crippen molar-refractivity contribution in [2.75, 3.05) is 20.2 Å². The van der Waals surface area contributed by atoms with Gasteiger partial charge in [-0.05, 0) is 56.5 Å². The Morgan fingerprint density at radius 2 is 1.66 bits per heavy atom. The number of carbonyl (C=O) groups is 1. The number of nitrogens with zero attached hydrogens (tertiary/aromatic N) is 1. The Labute approximate surface area is 172 Å². The van der Waals surface area contributed by atoms with Crippen LogP contribution in [0.25, 0.3) is 0 Å². The first-order valence-corrected chi connectivity index (χ1v) is 11.3. The van der Waals surface area contributed by atoms with Crippen LogP contribution < -0.4 is 10.1 Å². The first kappa shape index (κ1) is 21.3. The lowest BCUT2D eigenvalue weighted by molar-refractivity contribution is -0.126. The van der Waals surface area contributed by atoms with Gasteiger partial charge in [0.15, 0.2) is 0 Å². The minimum Gasteiger partial charge on any atom is -0.497 e. The number of rotatable bonds is 6. The van der Waals surface area contributed by atoms with Crippen LogP contribution >= 0.6 is 0 Å². The van der Waals surface area contributed by atoms with Crippen molar-refractivity contribution < 1.29 is 17.9 Å². The van der Waals surface area contributed by atoms with Gasteiger partial charge in [-0.15, -0.1) is 0 Å². The predicted molar refractivity (Wildman–Crippen MR) is 112 cm³/mol. The van der Waals surface area contributed by atoms with E-state index in [0.717, 1.165) is 16.9 Å². The number of ether oxygens (including phenoxy) is 1. The molecular formula is C22H28N2O4S. The van der Waals surface area contributed by atoms with Gasteiger partial charge in [-0.3, -0.25) is 4.79 Å². The number of sulfonamides is 1. The maximum absolute atomic E-state index is 12.8. The van der Waals surface area contributed by atoms with Crippen LogP contribution in [-0.2, 0) is 14.8 Å². The summed E-state index contributed by atoms with van der Waals surface area (Å²) in [6.45, 7) is 4.57. The topological polar surface area (TPSA) is 75.7 Å². The highest BCUT2D eigenvalue weighted by Crippen LogP contribution is 2.25. The van der Waals surface area contributed by atoms with Crippen LogP contribution in [-0.4, -0.2) is 38.8 Å². The Kier molecular flexibility index (Phi) is 6.59. The lowest BCUT2D eigenvalue weighted by atomic mass is 9.96. The Bertz CT molecular complexity index is 932. The van der Waals surface area contributed by atoms with E-state index in [1.807, 2.05) is 38.1 Å². The van der Waals surface area contributed by atoms with Crippen molar-refractivity contribution in [3.05, 3.63) is 59.7 Å². The van der Waals surface area contributed by atoms with E-state index in [4.69, 9.17) is 4.74 Å². The lowest BCUT2D eigenvalue weighted by Crippen LogP contribution is -2.43. The van der Waals surface area contributed by atoms with E-state index in [0.29, 0.717) is 30.8 Å². The molecule has 2 aromatic carbocycles. The number of carbonyl (C=O) groups excluding carboxylic acids is 1. The van der Waals surface area contributed by atoms with Gasteiger partial charge in [0.05, 0.1) is 18.0 Å². The molecule has 156 valence electrons. The van der Waals surface area contributed by atoms with E-state index in [1.165, 1.54) is 4.31 Å². The number of hydrogen-bond acceptors (Lipinski definition) is 4. The number of hydrogen-bond donors (Lipinski definition) is 1. The highest BCUT2D eigenvalue weighted by Gasteiger charge is 2.32. The van der Waals surface area contributed by atoms with Crippen molar-refractivity contribution in [2.45, 2.75) is 37.6 Å². The van der Waals surface area contributed by atoms with Crippen molar-refractivity contribution in [3.63, 3.8) is 0 Å². The first-order chi connectivity index (χ1) is 13.8. The maximum Gasteiger partial charge on any atom is 0.243 e. The minimum absolute atomic E-state index is 0.0271. The van der Waals surface area contributed by atoms with Crippen molar-refractivity contribution in [3.8, 4) is 5.75 Å². The molecule has 0 saturated carbocycles. The lowest BCUT2D eigenvalue weighted by Gasteiger charge is -2.31. The molecule has 6 nitrogen and oxygen atoms in total. The molecule has 2 aromatic rings. The van der Waals surface area contributed by atoms with Crippen LogP contribution in [0.2, 0.25) is 0 Å². The van der Waals surface area contributed by atoms with E-state index >= 15 is 0 Å². The van der Waals surface area contributed by atoms with Gasteiger partial charge in [0.1, 0.15) is 5.75 Å². The van der Waals surface area contributed by atoms with Gasteiger partial charge in [-0.2, -0.15) is 4.31 Å². The average Bonchev–Trinajstić information content (AvgIpc) is 2.74. The molecule has 7 heteroatoms. The second kappa shape index (κ2) is 8.97. The van der Waals surface area contributed by atoms with Crippen molar-refractivity contribution in [2.24, 2.45) is 5.92 Å². The van der Waals surface area contributed by atoms with Crippen LogP contribution in [0.5, 0.6) is 5.75 Å². The highest BCUT2D eigenvalue weighted by atomic mass is 32.2. The molecule has 3 rings (SSSR count). The smallest absolute Gasteiger partial charge is 0.243 e. The van der Waals surface area contributed by atoms with Crippen LogP contribution in [0.4, 0.5) is 0 Å². The number of benzene rings is 2. The molecule has 1 atom stereocenters. The monoisotopic (exact) mass is 416 g/mol. The SMILES string of the molecule is COc1ccc([C@H](C)NC(=O)C2CCN(S(=O)(=O)c3ccc(C)cc3)CC2)cc1. The number of aryl methyl sites for hydroxylation is 1. The molecule has 1 N–H and O–H groups in total. The largest absolute Gasteiger partial charge is 0.497 e. The van der Waals surface area contributed by atoms with Gasteiger partial charge in [-0.1, -0.05) is 29.8 Å². The first-order valence-electron chi connectivity index (χ1n) is 9.82. The number of amides is 1. The summed E-state index contributed by atoms with van der Waals surface area (Å²) in [5.74, 6) is 0.565. The summed E-state index contributed by atoms with van der Waals surface area (Å²) >= 11 is 0. The molecule has 1 saturated heterocycles. The van der Waals surface area contributed by atoms with Gasteiger partial charge < -0.3 is 10.1 Å². The van der Waals surface area contributed by atoms with Gasteiger partial charge in [-0.25, -0.2) is 8.42 Å². The predicted octanol–water partition coefficient (Wildman–Crippen LogP) is 3.28. The van der Waals surface area contributed by atoms with Crippen LogP contribution in [0.1, 0.15) is 36.9 Å². The Morgan fingerprint density at radius 1 is 1.07 bits per heavy atom. The molecule has 0 aliphatic carbocycles. The zero-order valence-electron chi connectivity index (χ0n) is 17.1. The number of nitrogens with one attached hydrogen (secondary N) is 1. The van der Waals surface area contributed by atoms with Crippen molar-refractivity contribution in [1.82, 2.24) is 9.62 Å². The Morgan fingerprint density at radius 3 is 2.21 bits per heavy atom. The molecule has 0 spiro atoms. The van der Waals surface area contributed by atoms with Crippen molar-refractivity contribution >= 4 is 15.9 Å². The second-order valence-electron chi connectivity index (χ2n) is 7.49. The van der Waals surface area contributed by atoms with Gasteiger partial charge in [0.2, 0.25) is 15.9 Å². The molecule has 1 aliphatic rings. The summed E-state index contributed by atoms with van der Waals surface area (Å²) in [6.07, 6.45) is 1.04. The molecule has 0 aromatic heterocycles. The fraction of sp³-hybridized carbons (Fsp3) is 0.409. The summed E-state index contributed by atoms with van der Waals surface area (Å²) in [6, 6.07) is 14.4. The minimum atomic E-state index is -3.51. The summed E-state index contributed by atoms with van der Waals surface area (Å²) in [7, 11) is -1.89.